The van der Waals surface area contributed by atoms with Gasteiger partial charge < -0.3 is 20.3 Å². The number of anilines is 1. The van der Waals surface area contributed by atoms with Gasteiger partial charge in [-0.3, -0.25) is 0 Å². The lowest BCUT2D eigenvalue weighted by molar-refractivity contribution is -0.141. The summed E-state index contributed by atoms with van der Waals surface area (Å²) in [7, 11) is 0. The lowest BCUT2D eigenvalue weighted by Crippen LogP contribution is -2.27. The van der Waals surface area contributed by atoms with Crippen LogP contribution in [-0.4, -0.2) is 47.7 Å². The third kappa shape index (κ3) is 5.40. The van der Waals surface area contributed by atoms with E-state index in [1.54, 1.807) is 18.3 Å². The molecule has 0 unspecified atom stereocenters. The van der Waals surface area contributed by atoms with Gasteiger partial charge in [-0.15, -0.1) is 0 Å². The average molecular weight is 387 g/mol. The van der Waals surface area contributed by atoms with Gasteiger partial charge in [-0.2, -0.15) is 5.10 Å². The van der Waals surface area contributed by atoms with Gasteiger partial charge in [-0.05, 0) is 43.2 Å². The quantitative estimate of drug-likeness (QED) is 0.247. The molecule has 0 saturated heterocycles. The summed E-state index contributed by atoms with van der Waals surface area (Å²) in [6.07, 6.45) is 5.50. The van der Waals surface area contributed by atoms with E-state index >= 15 is 0 Å². The Kier molecular flexibility index (Phi) is 6.78. The molecular weight excluding hydrogens is 362 g/mol. The number of fused-ring (bicyclic) bond motifs is 1. The molecule has 4 atom stereocenters. The molecule has 0 radical (unpaired) electrons. The molecule has 2 fully saturated rings. The van der Waals surface area contributed by atoms with Crippen LogP contribution in [0.4, 0.5) is 10.5 Å². The van der Waals surface area contributed by atoms with E-state index < -0.39 is 18.1 Å². The maximum Gasteiger partial charge on any atom is 0.339 e. The van der Waals surface area contributed by atoms with Gasteiger partial charge in [0.1, 0.15) is 6.61 Å². The molecule has 8 heteroatoms. The molecule has 1 aromatic rings. The highest BCUT2D eigenvalue weighted by atomic mass is 16.5. The van der Waals surface area contributed by atoms with Crippen LogP contribution in [0.1, 0.15) is 19.3 Å². The van der Waals surface area contributed by atoms with Gasteiger partial charge in [0.25, 0.3) is 0 Å². The zero-order valence-corrected chi connectivity index (χ0v) is 15.5. The Bertz CT molecular complexity index is 749. The first-order chi connectivity index (χ1) is 13.5. The van der Waals surface area contributed by atoms with E-state index in [4.69, 9.17) is 9.84 Å². The van der Waals surface area contributed by atoms with Gasteiger partial charge in [-0.1, -0.05) is 29.8 Å². The molecule has 0 heterocycles. The summed E-state index contributed by atoms with van der Waals surface area (Å²) in [6.45, 7) is -0.0229. The number of nitrogens with one attached hydrogen (secondary N) is 2. The predicted molar refractivity (Wildman–Crippen MR) is 104 cm³/mol. The number of aliphatic hydroxyl groups excluding tert-OH is 1. The standard InChI is InChI=1S/C20H25N3O5/c24-18-10-14-8-13(6-7-28-12-19(25)26)9-16(14)17(18)11-21-23-20(27)22-15-4-2-1-3-5-15/h1-6,11,14,16-18,24H,7-10,12H2,(H,25,26)(H2,22,23,27)/b13-6-,21-11+/t14-,16-,17+,18+/m0/s1. The summed E-state index contributed by atoms with van der Waals surface area (Å²) in [5.74, 6) is -0.462. The summed E-state index contributed by atoms with van der Waals surface area (Å²) in [5, 5.41) is 25.6. The molecule has 150 valence electrons. The number of amides is 2. The minimum absolute atomic E-state index is 0.118. The van der Waals surface area contributed by atoms with Gasteiger partial charge in [0.2, 0.25) is 0 Å². The van der Waals surface area contributed by atoms with Crippen molar-refractivity contribution in [3.05, 3.63) is 42.0 Å². The van der Waals surface area contributed by atoms with Crippen molar-refractivity contribution in [2.45, 2.75) is 25.4 Å². The second kappa shape index (κ2) is 9.48. The Morgan fingerprint density at radius 1 is 1.25 bits per heavy atom. The number of carboxylic acid groups (broad SMARTS) is 1. The van der Waals surface area contributed by atoms with Crippen molar-refractivity contribution in [3.8, 4) is 0 Å². The maximum atomic E-state index is 11.9. The number of aliphatic hydroxyl groups is 1. The van der Waals surface area contributed by atoms with Crippen LogP contribution in [0.15, 0.2) is 47.1 Å². The molecular formula is C20H25N3O5. The van der Waals surface area contributed by atoms with E-state index in [2.05, 4.69) is 15.8 Å². The molecule has 0 spiro atoms. The summed E-state index contributed by atoms with van der Waals surface area (Å²) in [6, 6.07) is 8.64. The van der Waals surface area contributed by atoms with Gasteiger partial charge in [0, 0.05) is 17.8 Å². The van der Waals surface area contributed by atoms with Gasteiger partial charge in [0.15, 0.2) is 0 Å². The topological polar surface area (TPSA) is 120 Å². The number of carbonyl (C=O) groups excluding carboxylic acids is 1. The number of hydrogen-bond acceptors (Lipinski definition) is 5. The SMILES string of the molecule is O=C(O)COC/C=C1/C[C@H]2C[C@@H](O)[C@H](/C=N/NC(=O)Nc3ccccc3)[C@H]2C1. The predicted octanol–water partition coefficient (Wildman–Crippen LogP) is 2.23. The normalized spacial score (nSPS) is 27.8. The highest BCUT2D eigenvalue weighted by Crippen LogP contribution is 2.49. The number of carbonyl (C=O) groups is 2. The monoisotopic (exact) mass is 387 g/mol. The summed E-state index contributed by atoms with van der Waals surface area (Å²) in [4.78, 5) is 22.3. The van der Waals surface area contributed by atoms with Crippen LogP contribution in [0.2, 0.25) is 0 Å². The van der Waals surface area contributed by atoms with Crippen LogP contribution >= 0.6 is 0 Å². The number of allylic oxidation sites excluding steroid dienone is 1. The van der Waals surface area contributed by atoms with Crippen molar-refractivity contribution >= 4 is 23.9 Å². The fourth-order valence-electron chi connectivity index (χ4n) is 4.06. The summed E-state index contributed by atoms with van der Waals surface area (Å²) < 4.78 is 5.06. The molecule has 2 saturated carbocycles. The van der Waals surface area contributed by atoms with Gasteiger partial charge in [0.05, 0.1) is 12.7 Å². The van der Waals surface area contributed by atoms with Crippen LogP contribution in [0.25, 0.3) is 0 Å². The van der Waals surface area contributed by atoms with E-state index in [9.17, 15) is 14.7 Å². The molecule has 1 aromatic carbocycles. The Labute approximate surface area is 163 Å². The maximum absolute atomic E-state index is 11.9. The van der Waals surface area contributed by atoms with Crippen molar-refractivity contribution in [2.24, 2.45) is 22.9 Å². The number of nitrogens with zero attached hydrogens (tertiary/aromatic N) is 1. The highest BCUT2D eigenvalue weighted by Gasteiger charge is 2.45. The summed E-state index contributed by atoms with van der Waals surface area (Å²) in [5.41, 5.74) is 4.34. The van der Waals surface area contributed by atoms with Crippen molar-refractivity contribution < 1.29 is 24.5 Å². The van der Waals surface area contributed by atoms with E-state index in [0.717, 1.165) is 12.8 Å². The van der Waals surface area contributed by atoms with Crippen LogP contribution < -0.4 is 10.7 Å². The lowest BCUT2D eigenvalue weighted by atomic mass is 9.92. The average Bonchev–Trinajstić information content (AvgIpc) is 3.17. The first-order valence-electron chi connectivity index (χ1n) is 9.33. The number of rotatable bonds is 7. The Morgan fingerprint density at radius 3 is 2.79 bits per heavy atom. The minimum atomic E-state index is -0.982. The number of aliphatic carboxylic acids is 1. The van der Waals surface area contributed by atoms with Crippen molar-refractivity contribution in [1.29, 1.82) is 0 Å². The highest BCUT2D eigenvalue weighted by molar-refractivity contribution is 5.89. The van der Waals surface area contributed by atoms with Crippen LogP contribution in [-0.2, 0) is 9.53 Å². The van der Waals surface area contributed by atoms with Crippen molar-refractivity contribution in [1.82, 2.24) is 5.43 Å². The van der Waals surface area contributed by atoms with Crippen LogP contribution in [0, 0.1) is 17.8 Å². The third-order valence-corrected chi connectivity index (χ3v) is 5.27. The lowest BCUT2D eigenvalue weighted by Gasteiger charge is -2.16. The zero-order chi connectivity index (χ0) is 19.9. The summed E-state index contributed by atoms with van der Waals surface area (Å²) >= 11 is 0. The van der Waals surface area contributed by atoms with Crippen LogP contribution in [0.5, 0.6) is 0 Å². The Hall–Kier alpha value is -2.71. The number of ether oxygens (including phenoxy) is 1. The molecule has 0 bridgehead atoms. The zero-order valence-electron chi connectivity index (χ0n) is 15.5. The largest absolute Gasteiger partial charge is 0.480 e. The van der Waals surface area contributed by atoms with Crippen molar-refractivity contribution in [3.63, 3.8) is 0 Å². The number of urea groups is 1. The molecule has 2 aliphatic rings. The minimum Gasteiger partial charge on any atom is -0.480 e. The van der Waals surface area contributed by atoms with E-state index in [-0.39, 0.29) is 25.0 Å². The molecule has 28 heavy (non-hydrogen) atoms. The van der Waals surface area contributed by atoms with E-state index in [0.29, 0.717) is 18.0 Å². The third-order valence-electron chi connectivity index (χ3n) is 5.27. The number of hydrogen-bond donors (Lipinski definition) is 4. The number of carboxylic acids is 1. The molecule has 3 rings (SSSR count). The first-order valence-corrected chi connectivity index (χ1v) is 9.33. The van der Waals surface area contributed by atoms with Crippen LogP contribution in [0.3, 0.4) is 0 Å². The van der Waals surface area contributed by atoms with E-state index in [1.807, 2.05) is 24.3 Å². The molecule has 0 aliphatic heterocycles. The van der Waals surface area contributed by atoms with E-state index in [1.165, 1.54) is 5.57 Å². The number of benzene rings is 1. The fourth-order valence-corrected chi connectivity index (χ4v) is 4.06. The smallest absolute Gasteiger partial charge is 0.339 e. The molecule has 4 N–H and O–H groups in total. The second-order valence-corrected chi connectivity index (χ2v) is 7.19. The Balaban J connectivity index is 1.48. The first kappa shape index (κ1) is 20.0. The van der Waals surface area contributed by atoms with Crippen molar-refractivity contribution in [2.75, 3.05) is 18.5 Å². The number of para-hydroxylation sites is 1. The van der Waals surface area contributed by atoms with Gasteiger partial charge >= 0.3 is 12.0 Å². The van der Waals surface area contributed by atoms with Gasteiger partial charge in [-0.25, -0.2) is 15.0 Å². The Morgan fingerprint density at radius 2 is 2.04 bits per heavy atom. The number of hydrazone groups is 1. The second-order valence-electron chi connectivity index (χ2n) is 7.19. The molecule has 2 aliphatic carbocycles. The fraction of sp³-hybridized carbons (Fsp3) is 0.450. The molecule has 0 aromatic heterocycles. The molecule has 8 nitrogen and oxygen atoms in total. The molecule has 2 amide bonds.